The van der Waals surface area contributed by atoms with Crippen LogP contribution >= 0.6 is 0 Å². The predicted molar refractivity (Wildman–Crippen MR) is 170 cm³/mol. The maximum absolute atomic E-state index is 11.2. The van der Waals surface area contributed by atoms with Crippen LogP contribution in [0.4, 0.5) is 0 Å². The topological polar surface area (TPSA) is 60.7 Å². The zero-order valence-corrected chi connectivity index (χ0v) is 22.8. The number of rotatable bonds is 3. The molecule has 0 amide bonds. The molecule has 3 N–H and O–H groups in total. The third-order valence-electron chi connectivity index (χ3n) is 8.32. The molecule has 0 aromatic heterocycles. The quantitative estimate of drug-likeness (QED) is 0.121. The van der Waals surface area contributed by atoms with Gasteiger partial charge in [0.15, 0.2) is 11.5 Å². The van der Waals surface area contributed by atoms with Gasteiger partial charge in [0.25, 0.3) is 0 Å². The summed E-state index contributed by atoms with van der Waals surface area (Å²) >= 11 is 0. The molecule has 0 heterocycles. The molecule has 0 aliphatic rings. The summed E-state index contributed by atoms with van der Waals surface area (Å²) in [6.45, 7) is 3.38. The van der Waals surface area contributed by atoms with Crippen LogP contribution in [0.25, 0.3) is 65.7 Å². The molecule has 0 unspecified atom stereocenters. The summed E-state index contributed by atoms with van der Waals surface area (Å²) in [5.74, 6) is -0.543. The van der Waals surface area contributed by atoms with Crippen molar-refractivity contribution in [2.24, 2.45) is 0 Å². The first-order chi connectivity index (χ1) is 19.9. The van der Waals surface area contributed by atoms with Gasteiger partial charge in [-0.1, -0.05) is 103 Å². The lowest BCUT2D eigenvalue weighted by molar-refractivity contribution is 0.392. The molecule has 198 valence electrons. The fourth-order valence-electron chi connectivity index (χ4n) is 6.22. The van der Waals surface area contributed by atoms with E-state index in [9.17, 15) is 15.3 Å². The van der Waals surface area contributed by atoms with Crippen molar-refractivity contribution in [2.45, 2.75) is 13.8 Å². The van der Waals surface area contributed by atoms with Crippen LogP contribution in [0.3, 0.4) is 0 Å². The van der Waals surface area contributed by atoms with Crippen LogP contribution in [0.1, 0.15) is 11.1 Å². The Balaban J connectivity index is 1.54. The van der Waals surface area contributed by atoms with Crippen LogP contribution in [-0.2, 0) is 0 Å². The van der Waals surface area contributed by atoms with E-state index in [-0.39, 0.29) is 22.8 Å². The summed E-state index contributed by atoms with van der Waals surface area (Å²) in [5, 5.41) is 39.1. The van der Waals surface area contributed by atoms with Crippen molar-refractivity contribution in [1.29, 1.82) is 0 Å². The molecule has 0 bridgehead atoms. The van der Waals surface area contributed by atoms with E-state index in [2.05, 4.69) is 78.9 Å². The first-order valence-electron chi connectivity index (χ1n) is 13.7. The van der Waals surface area contributed by atoms with Gasteiger partial charge in [-0.05, 0) is 80.6 Å². The summed E-state index contributed by atoms with van der Waals surface area (Å²) in [4.78, 5) is 0. The molecule has 41 heavy (non-hydrogen) atoms. The van der Waals surface area contributed by atoms with Crippen LogP contribution in [0.5, 0.6) is 17.2 Å². The standard InChI is InChI=1S/C38H28O3/c1-22-33(38(41)37(40)23(2)36(22)39)35-31-16-7-5-14-29(31)34(30-15-6-8-17-32(30)35)28-13-9-12-26(21-28)27-19-18-24-10-3-4-11-25(24)20-27/h3-21,39-41H,1-2H3. The third-order valence-corrected chi connectivity index (χ3v) is 8.32. The van der Waals surface area contributed by atoms with Gasteiger partial charge in [-0.15, -0.1) is 0 Å². The molecule has 0 radical (unpaired) electrons. The van der Waals surface area contributed by atoms with Crippen LogP contribution in [-0.4, -0.2) is 15.3 Å². The Bertz CT molecular complexity index is 2070. The molecular formula is C38H28O3. The highest BCUT2D eigenvalue weighted by molar-refractivity contribution is 6.22. The molecule has 0 spiro atoms. The number of phenolic OH excluding ortho intramolecular Hbond substituents is 3. The minimum absolute atomic E-state index is 0.0179. The van der Waals surface area contributed by atoms with Gasteiger partial charge in [0.1, 0.15) is 5.75 Å². The summed E-state index contributed by atoms with van der Waals surface area (Å²) in [6.07, 6.45) is 0. The second-order valence-corrected chi connectivity index (χ2v) is 10.7. The van der Waals surface area contributed by atoms with Crippen LogP contribution < -0.4 is 0 Å². The molecule has 3 heteroatoms. The van der Waals surface area contributed by atoms with E-state index >= 15 is 0 Å². The largest absolute Gasteiger partial charge is 0.507 e. The van der Waals surface area contributed by atoms with E-state index < -0.39 is 0 Å². The Morgan fingerprint density at radius 2 is 0.902 bits per heavy atom. The molecule has 3 nitrogen and oxygen atoms in total. The van der Waals surface area contributed by atoms with E-state index in [1.54, 1.807) is 13.8 Å². The van der Waals surface area contributed by atoms with Gasteiger partial charge >= 0.3 is 0 Å². The van der Waals surface area contributed by atoms with Gasteiger partial charge in [-0.25, -0.2) is 0 Å². The maximum atomic E-state index is 11.2. The Labute approximate surface area is 238 Å². The number of hydrogen-bond acceptors (Lipinski definition) is 3. The normalized spacial score (nSPS) is 11.5. The van der Waals surface area contributed by atoms with E-state index in [4.69, 9.17) is 0 Å². The number of aromatic hydroxyl groups is 3. The molecular weight excluding hydrogens is 504 g/mol. The number of fused-ring (bicyclic) bond motifs is 3. The van der Waals surface area contributed by atoms with Crippen molar-refractivity contribution in [3.8, 4) is 50.6 Å². The summed E-state index contributed by atoms with van der Waals surface area (Å²) < 4.78 is 0. The van der Waals surface area contributed by atoms with Gasteiger partial charge < -0.3 is 15.3 Å². The molecule has 0 saturated heterocycles. The van der Waals surface area contributed by atoms with Crippen LogP contribution in [0.2, 0.25) is 0 Å². The van der Waals surface area contributed by atoms with Crippen molar-refractivity contribution in [3.05, 3.63) is 126 Å². The van der Waals surface area contributed by atoms with Gasteiger partial charge in [0.2, 0.25) is 0 Å². The lowest BCUT2D eigenvalue weighted by atomic mass is 9.83. The molecule has 0 atom stereocenters. The van der Waals surface area contributed by atoms with E-state index in [1.165, 1.54) is 10.8 Å². The Morgan fingerprint density at radius 1 is 0.366 bits per heavy atom. The first-order valence-corrected chi connectivity index (χ1v) is 13.7. The zero-order chi connectivity index (χ0) is 28.2. The minimum atomic E-state index is -0.302. The highest BCUT2D eigenvalue weighted by Gasteiger charge is 2.24. The van der Waals surface area contributed by atoms with Gasteiger partial charge in [-0.2, -0.15) is 0 Å². The van der Waals surface area contributed by atoms with Crippen LogP contribution in [0.15, 0.2) is 115 Å². The molecule has 7 aromatic rings. The molecule has 7 rings (SSSR count). The van der Waals surface area contributed by atoms with Crippen molar-refractivity contribution in [2.75, 3.05) is 0 Å². The van der Waals surface area contributed by atoms with E-state index in [0.717, 1.165) is 49.4 Å². The fraction of sp³-hybridized carbons (Fsp3) is 0.0526. The van der Waals surface area contributed by atoms with Crippen molar-refractivity contribution in [3.63, 3.8) is 0 Å². The summed E-state index contributed by atoms with van der Waals surface area (Å²) in [7, 11) is 0. The molecule has 0 saturated carbocycles. The predicted octanol–water partition coefficient (Wildman–Crippen LogP) is 9.88. The average molecular weight is 533 g/mol. The second kappa shape index (κ2) is 9.42. The average Bonchev–Trinajstić information content (AvgIpc) is 3.02. The van der Waals surface area contributed by atoms with E-state index in [0.29, 0.717) is 11.1 Å². The lowest BCUT2D eigenvalue weighted by Gasteiger charge is -2.21. The molecule has 0 aliphatic heterocycles. The lowest BCUT2D eigenvalue weighted by Crippen LogP contribution is -1.95. The van der Waals surface area contributed by atoms with E-state index in [1.807, 2.05) is 36.4 Å². The van der Waals surface area contributed by atoms with Gasteiger partial charge in [-0.3, -0.25) is 0 Å². The van der Waals surface area contributed by atoms with Crippen molar-refractivity contribution >= 4 is 32.3 Å². The Kier molecular flexibility index (Phi) is 5.69. The zero-order valence-electron chi connectivity index (χ0n) is 22.8. The molecule has 0 aliphatic carbocycles. The Morgan fingerprint density at radius 3 is 1.56 bits per heavy atom. The highest BCUT2D eigenvalue weighted by Crippen LogP contribution is 2.52. The number of hydrogen-bond donors (Lipinski definition) is 3. The fourth-order valence-corrected chi connectivity index (χ4v) is 6.22. The van der Waals surface area contributed by atoms with Crippen molar-refractivity contribution in [1.82, 2.24) is 0 Å². The smallest absolute Gasteiger partial charge is 0.166 e. The maximum Gasteiger partial charge on any atom is 0.166 e. The number of benzene rings is 7. The van der Waals surface area contributed by atoms with Crippen molar-refractivity contribution < 1.29 is 15.3 Å². The molecule has 0 fully saturated rings. The van der Waals surface area contributed by atoms with Crippen LogP contribution in [0, 0.1) is 13.8 Å². The number of phenols is 3. The SMILES string of the molecule is Cc1c(O)c(C)c(-c2c3ccccc3c(-c3cccc(-c4ccc5ccccc5c4)c3)c3ccccc23)c(O)c1O. The summed E-state index contributed by atoms with van der Waals surface area (Å²) in [6, 6.07) is 39.9. The summed E-state index contributed by atoms with van der Waals surface area (Å²) in [5.41, 5.74) is 6.49. The highest BCUT2D eigenvalue weighted by atomic mass is 16.3. The minimum Gasteiger partial charge on any atom is -0.507 e. The third kappa shape index (κ3) is 3.81. The second-order valence-electron chi connectivity index (χ2n) is 10.7. The monoisotopic (exact) mass is 532 g/mol. The Hall–Kier alpha value is -5.28. The van der Waals surface area contributed by atoms with Gasteiger partial charge in [0, 0.05) is 22.3 Å². The van der Waals surface area contributed by atoms with Gasteiger partial charge in [0.05, 0.1) is 0 Å². The first kappa shape index (κ1) is 24.7. The molecule has 7 aromatic carbocycles.